The molecule has 0 saturated carbocycles. The Morgan fingerprint density at radius 1 is 1.12 bits per heavy atom. The van der Waals surface area contributed by atoms with Crippen molar-refractivity contribution in [2.75, 3.05) is 39.4 Å². The minimum atomic E-state index is -0.278. The van der Waals surface area contributed by atoms with Gasteiger partial charge in [0, 0.05) is 63.2 Å². The zero-order valence-corrected chi connectivity index (χ0v) is 14.2. The fraction of sp³-hybridized carbons (Fsp3) is 0.579. The summed E-state index contributed by atoms with van der Waals surface area (Å²) in [4.78, 5) is 8.34. The predicted molar refractivity (Wildman–Crippen MR) is 95.0 cm³/mol. The van der Waals surface area contributed by atoms with Gasteiger partial charge in [-0.15, -0.1) is 0 Å². The van der Waals surface area contributed by atoms with Crippen molar-refractivity contribution in [1.82, 2.24) is 14.8 Å². The van der Waals surface area contributed by atoms with Gasteiger partial charge in [-0.1, -0.05) is 18.2 Å². The number of aliphatic hydroxyl groups is 1. The van der Waals surface area contributed by atoms with Gasteiger partial charge in [0.2, 0.25) is 0 Å². The number of H-pyrrole nitrogens is 1. The molecule has 2 aliphatic heterocycles. The van der Waals surface area contributed by atoms with E-state index in [0.717, 1.165) is 58.8 Å². The van der Waals surface area contributed by atoms with E-state index < -0.39 is 0 Å². The maximum atomic E-state index is 10.5. The summed E-state index contributed by atoms with van der Waals surface area (Å²) in [6.45, 7) is 6.15. The molecule has 1 atom stereocenters. The van der Waals surface area contributed by atoms with Crippen molar-refractivity contribution < 1.29 is 9.84 Å². The average Bonchev–Trinajstić information content (AvgIpc) is 2.91. The Kier molecular flexibility index (Phi) is 4.85. The van der Waals surface area contributed by atoms with E-state index in [-0.39, 0.29) is 6.10 Å². The summed E-state index contributed by atoms with van der Waals surface area (Å²) < 4.78 is 5.47. The second kappa shape index (κ2) is 7.23. The van der Waals surface area contributed by atoms with Crippen LogP contribution in [0, 0.1) is 0 Å². The molecule has 2 N–H and O–H groups in total. The third kappa shape index (κ3) is 3.64. The van der Waals surface area contributed by atoms with E-state index in [4.69, 9.17) is 4.74 Å². The lowest BCUT2D eigenvalue weighted by Crippen LogP contribution is -2.43. The Hall–Kier alpha value is -1.40. The van der Waals surface area contributed by atoms with E-state index in [1.165, 1.54) is 16.6 Å². The number of aromatic amines is 1. The largest absolute Gasteiger partial charge is 0.390 e. The maximum absolute atomic E-state index is 10.5. The summed E-state index contributed by atoms with van der Waals surface area (Å²) in [5, 5.41) is 11.7. The summed E-state index contributed by atoms with van der Waals surface area (Å²) in [6.07, 6.45) is 1.91. The van der Waals surface area contributed by atoms with Gasteiger partial charge in [-0.2, -0.15) is 0 Å². The highest BCUT2D eigenvalue weighted by Crippen LogP contribution is 2.19. The molecule has 4 rings (SSSR count). The predicted octanol–water partition coefficient (Wildman–Crippen LogP) is 1.83. The van der Waals surface area contributed by atoms with Crippen LogP contribution < -0.4 is 0 Å². The molecule has 0 aliphatic carbocycles. The average molecular weight is 329 g/mol. The van der Waals surface area contributed by atoms with Crippen LogP contribution in [0.25, 0.3) is 10.9 Å². The van der Waals surface area contributed by atoms with Crippen molar-refractivity contribution in [2.24, 2.45) is 0 Å². The second-order valence-electron chi connectivity index (χ2n) is 7.11. The summed E-state index contributed by atoms with van der Waals surface area (Å²) >= 11 is 0. The molecule has 2 aromatic rings. The van der Waals surface area contributed by atoms with Crippen LogP contribution in [0.2, 0.25) is 0 Å². The van der Waals surface area contributed by atoms with Gasteiger partial charge in [-0.25, -0.2) is 0 Å². The lowest BCUT2D eigenvalue weighted by Gasteiger charge is -2.33. The zero-order chi connectivity index (χ0) is 16.4. The summed E-state index contributed by atoms with van der Waals surface area (Å²) in [6, 6.07) is 11.2. The number of nitrogens with one attached hydrogen (secondary N) is 1. The molecule has 1 aromatic carbocycles. The summed E-state index contributed by atoms with van der Waals surface area (Å²) in [7, 11) is 0. The molecule has 24 heavy (non-hydrogen) atoms. The molecule has 0 amide bonds. The molecule has 1 aromatic heterocycles. The normalized spacial score (nSPS) is 25.1. The number of nitrogens with zero attached hydrogens (tertiary/aromatic N) is 2. The van der Waals surface area contributed by atoms with Crippen LogP contribution in [-0.2, 0) is 11.3 Å². The number of rotatable bonds is 3. The topological polar surface area (TPSA) is 51.7 Å². The van der Waals surface area contributed by atoms with Crippen LogP contribution in [0.15, 0.2) is 30.3 Å². The van der Waals surface area contributed by atoms with Crippen LogP contribution in [0.5, 0.6) is 0 Å². The van der Waals surface area contributed by atoms with Gasteiger partial charge in [-0.3, -0.25) is 9.80 Å². The number of para-hydroxylation sites is 1. The number of ether oxygens (including phenoxy) is 1. The number of aliphatic hydroxyl groups excluding tert-OH is 1. The Morgan fingerprint density at radius 3 is 2.79 bits per heavy atom. The molecular weight excluding hydrogens is 302 g/mol. The first-order valence-corrected chi connectivity index (χ1v) is 9.07. The zero-order valence-electron chi connectivity index (χ0n) is 14.2. The Bertz CT molecular complexity index is 632. The summed E-state index contributed by atoms with van der Waals surface area (Å²) in [5.74, 6) is 0. The number of hydrogen-bond acceptors (Lipinski definition) is 4. The molecule has 2 aliphatic rings. The molecule has 3 heterocycles. The van der Waals surface area contributed by atoms with Crippen molar-refractivity contribution in [3.63, 3.8) is 0 Å². The molecule has 0 unspecified atom stereocenters. The molecule has 0 spiro atoms. The smallest absolute Gasteiger partial charge is 0.0794 e. The third-order valence-corrected chi connectivity index (χ3v) is 5.30. The third-order valence-electron chi connectivity index (χ3n) is 5.30. The highest BCUT2D eigenvalue weighted by Gasteiger charge is 2.27. The van der Waals surface area contributed by atoms with Crippen molar-refractivity contribution in [1.29, 1.82) is 0 Å². The minimum absolute atomic E-state index is 0.278. The first-order valence-electron chi connectivity index (χ1n) is 9.07. The number of hydrogen-bond donors (Lipinski definition) is 2. The van der Waals surface area contributed by atoms with E-state index in [2.05, 4.69) is 45.1 Å². The van der Waals surface area contributed by atoms with Crippen LogP contribution in [0.3, 0.4) is 0 Å². The number of benzene rings is 1. The fourth-order valence-electron chi connectivity index (χ4n) is 4.06. The van der Waals surface area contributed by atoms with Gasteiger partial charge in [0.1, 0.15) is 0 Å². The molecule has 2 saturated heterocycles. The van der Waals surface area contributed by atoms with Gasteiger partial charge >= 0.3 is 0 Å². The van der Waals surface area contributed by atoms with E-state index in [9.17, 15) is 5.11 Å². The summed E-state index contributed by atoms with van der Waals surface area (Å²) in [5.41, 5.74) is 2.41. The highest BCUT2D eigenvalue weighted by atomic mass is 16.5. The SMILES string of the molecule is O[C@H]1CN(Cc2cc3ccccc3[nH]2)CCN(C2CCOCC2)C1. The van der Waals surface area contributed by atoms with Gasteiger partial charge in [-0.05, 0) is 30.4 Å². The molecular formula is C19H27N3O2. The Balaban J connectivity index is 1.40. The van der Waals surface area contributed by atoms with E-state index in [1.807, 2.05) is 0 Å². The number of aromatic nitrogens is 1. The highest BCUT2D eigenvalue weighted by molar-refractivity contribution is 5.80. The van der Waals surface area contributed by atoms with Crippen molar-refractivity contribution in [3.05, 3.63) is 36.0 Å². The van der Waals surface area contributed by atoms with Gasteiger partial charge in [0.25, 0.3) is 0 Å². The lowest BCUT2D eigenvalue weighted by atomic mass is 10.1. The standard InChI is InChI=1S/C19H27N3O2/c23-18-13-21(7-8-22(14-18)17-5-9-24-10-6-17)12-16-11-15-3-1-2-4-19(15)20-16/h1-4,11,17-18,20,23H,5-10,12-14H2/t18-/m0/s1. The van der Waals surface area contributed by atoms with Gasteiger partial charge in [0.15, 0.2) is 0 Å². The van der Waals surface area contributed by atoms with Crippen LogP contribution in [-0.4, -0.2) is 71.4 Å². The van der Waals surface area contributed by atoms with E-state index >= 15 is 0 Å². The van der Waals surface area contributed by atoms with Crippen molar-refractivity contribution >= 4 is 10.9 Å². The first kappa shape index (κ1) is 16.1. The molecule has 0 bridgehead atoms. The van der Waals surface area contributed by atoms with Crippen LogP contribution >= 0.6 is 0 Å². The molecule has 5 heteroatoms. The molecule has 130 valence electrons. The quantitative estimate of drug-likeness (QED) is 0.902. The van der Waals surface area contributed by atoms with E-state index in [0.29, 0.717) is 6.04 Å². The first-order chi connectivity index (χ1) is 11.8. The lowest BCUT2D eigenvalue weighted by molar-refractivity contribution is 0.0217. The molecule has 0 radical (unpaired) electrons. The monoisotopic (exact) mass is 329 g/mol. The number of fused-ring (bicyclic) bond motifs is 1. The maximum Gasteiger partial charge on any atom is 0.0794 e. The molecule has 5 nitrogen and oxygen atoms in total. The number of β-amino-alcohol motifs (C(OH)–C–C–N with tert-alkyl or cyclic N) is 1. The van der Waals surface area contributed by atoms with Crippen molar-refractivity contribution in [2.45, 2.75) is 31.5 Å². The minimum Gasteiger partial charge on any atom is -0.390 e. The second-order valence-corrected chi connectivity index (χ2v) is 7.11. The van der Waals surface area contributed by atoms with Crippen LogP contribution in [0.1, 0.15) is 18.5 Å². The van der Waals surface area contributed by atoms with Gasteiger partial charge < -0.3 is 14.8 Å². The Morgan fingerprint density at radius 2 is 1.96 bits per heavy atom. The molecule has 2 fully saturated rings. The van der Waals surface area contributed by atoms with Crippen molar-refractivity contribution in [3.8, 4) is 0 Å². The van der Waals surface area contributed by atoms with Gasteiger partial charge in [0.05, 0.1) is 6.10 Å². The van der Waals surface area contributed by atoms with Crippen LogP contribution in [0.4, 0.5) is 0 Å². The Labute approximate surface area is 143 Å². The van der Waals surface area contributed by atoms with E-state index in [1.54, 1.807) is 0 Å². The fourth-order valence-corrected chi connectivity index (χ4v) is 4.06.